The predicted molar refractivity (Wildman–Crippen MR) is 90.9 cm³/mol. The fourth-order valence-electron chi connectivity index (χ4n) is 2.80. The lowest BCUT2D eigenvalue weighted by atomic mass is 10.1. The summed E-state index contributed by atoms with van der Waals surface area (Å²) < 4.78 is 10.5. The van der Waals surface area contributed by atoms with Crippen LogP contribution in [-0.4, -0.2) is 48.3 Å². The smallest absolute Gasteiger partial charge is 0.257 e. The highest BCUT2D eigenvalue weighted by molar-refractivity contribution is 5.85. The van der Waals surface area contributed by atoms with Gasteiger partial charge in [-0.2, -0.15) is 4.98 Å². The van der Waals surface area contributed by atoms with Gasteiger partial charge in [0.2, 0.25) is 0 Å². The van der Waals surface area contributed by atoms with Gasteiger partial charge in [0.25, 0.3) is 5.89 Å². The molecule has 1 N–H and O–H groups in total. The maximum Gasteiger partial charge on any atom is 0.257 e. The Morgan fingerprint density at radius 2 is 2.13 bits per heavy atom. The maximum atomic E-state index is 5.37. The molecule has 0 amide bonds. The Bertz CT molecular complexity index is 602. The fraction of sp³-hybridized carbons (Fsp3) is 0.500. The zero-order chi connectivity index (χ0) is 15.4. The van der Waals surface area contributed by atoms with Crippen LogP contribution in [0.25, 0.3) is 11.5 Å². The third-order valence-corrected chi connectivity index (χ3v) is 4.08. The molecule has 6 nitrogen and oxygen atoms in total. The van der Waals surface area contributed by atoms with Gasteiger partial charge < -0.3 is 14.6 Å². The van der Waals surface area contributed by atoms with Crippen molar-refractivity contribution in [2.45, 2.75) is 25.4 Å². The minimum Gasteiger partial charge on any atom is -0.497 e. The molecular formula is C16H23ClN4O2. The van der Waals surface area contributed by atoms with Gasteiger partial charge in [-0.3, -0.25) is 4.90 Å². The molecule has 2 heterocycles. The number of piperidine rings is 1. The van der Waals surface area contributed by atoms with E-state index in [1.807, 2.05) is 31.3 Å². The van der Waals surface area contributed by atoms with E-state index in [-0.39, 0.29) is 12.4 Å². The summed E-state index contributed by atoms with van der Waals surface area (Å²) in [5, 5.41) is 7.44. The zero-order valence-corrected chi connectivity index (χ0v) is 14.3. The third kappa shape index (κ3) is 4.43. The monoisotopic (exact) mass is 338 g/mol. The Labute approximate surface area is 142 Å². The molecule has 0 saturated carbocycles. The molecule has 1 unspecified atom stereocenters. The molecule has 0 aliphatic carbocycles. The quantitative estimate of drug-likeness (QED) is 0.903. The molecule has 126 valence electrons. The number of rotatable bonds is 5. The van der Waals surface area contributed by atoms with Crippen LogP contribution in [0.4, 0.5) is 0 Å². The van der Waals surface area contributed by atoms with E-state index in [0.29, 0.717) is 11.9 Å². The van der Waals surface area contributed by atoms with Gasteiger partial charge in [-0.1, -0.05) is 5.16 Å². The molecule has 0 spiro atoms. The molecule has 1 aromatic carbocycles. The first-order valence-corrected chi connectivity index (χ1v) is 7.65. The molecule has 3 rings (SSSR count). The van der Waals surface area contributed by atoms with Gasteiger partial charge in [-0.05, 0) is 50.7 Å². The third-order valence-electron chi connectivity index (χ3n) is 4.08. The van der Waals surface area contributed by atoms with Crippen LogP contribution < -0.4 is 10.1 Å². The van der Waals surface area contributed by atoms with Crippen molar-refractivity contribution < 1.29 is 9.26 Å². The molecule has 1 aromatic heterocycles. The van der Waals surface area contributed by atoms with Crippen LogP contribution in [0.1, 0.15) is 18.7 Å². The van der Waals surface area contributed by atoms with Crippen molar-refractivity contribution in [1.29, 1.82) is 0 Å². The first-order valence-electron chi connectivity index (χ1n) is 7.65. The number of hydrogen-bond acceptors (Lipinski definition) is 6. The highest BCUT2D eigenvalue weighted by Crippen LogP contribution is 2.21. The van der Waals surface area contributed by atoms with E-state index in [1.165, 1.54) is 12.8 Å². The van der Waals surface area contributed by atoms with E-state index in [2.05, 4.69) is 20.4 Å². The number of likely N-dealkylation sites (tertiary alicyclic amines) is 1. The Morgan fingerprint density at radius 1 is 1.35 bits per heavy atom. The molecule has 1 aliphatic heterocycles. The molecule has 0 radical (unpaired) electrons. The first-order chi connectivity index (χ1) is 10.8. The minimum absolute atomic E-state index is 0. The average molecular weight is 339 g/mol. The Balaban J connectivity index is 0.00000192. The number of halogens is 1. The van der Waals surface area contributed by atoms with E-state index in [1.54, 1.807) is 7.11 Å². The van der Waals surface area contributed by atoms with Crippen LogP contribution >= 0.6 is 12.4 Å². The number of nitrogens with one attached hydrogen (secondary N) is 1. The molecule has 7 heteroatoms. The van der Waals surface area contributed by atoms with Gasteiger partial charge in [-0.15, -0.1) is 12.4 Å². The predicted octanol–water partition coefficient (Wildman–Crippen LogP) is 2.35. The van der Waals surface area contributed by atoms with Crippen LogP contribution in [0.2, 0.25) is 0 Å². The van der Waals surface area contributed by atoms with Crippen molar-refractivity contribution in [1.82, 2.24) is 20.4 Å². The number of ether oxygens (including phenoxy) is 1. The molecule has 23 heavy (non-hydrogen) atoms. The first kappa shape index (κ1) is 17.7. The topological polar surface area (TPSA) is 63.4 Å². The van der Waals surface area contributed by atoms with Gasteiger partial charge in [0.1, 0.15) is 5.75 Å². The summed E-state index contributed by atoms with van der Waals surface area (Å²) >= 11 is 0. The summed E-state index contributed by atoms with van der Waals surface area (Å²) in [6.45, 7) is 2.85. The van der Waals surface area contributed by atoms with E-state index in [4.69, 9.17) is 9.26 Å². The van der Waals surface area contributed by atoms with Crippen molar-refractivity contribution in [3.05, 3.63) is 30.1 Å². The van der Waals surface area contributed by atoms with Crippen LogP contribution in [0.5, 0.6) is 5.75 Å². The van der Waals surface area contributed by atoms with E-state index in [0.717, 1.165) is 36.8 Å². The molecule has 1 atom stereocenters. The summed E-state index contributed by atoms with van der Waals surface area (Å²) in [5.41, 5.74) is 0.909. The second-order valence-electron chi connectivity index (χ2n) is 5.61. The molecule has 2 aromatic rings. The largest absolute Gasteiger partial charge is 0.497 e. The highest BCUT2D eigenvalue weighted by atomic mass is 35.5. The Kier molecular flexibility index (Phi) is 6.38. The van der Waals surface area contributed by atoms with Crippen molar-refractivity contribution >= 4 is 12.4 Å². The second kappa shape index (κ2) is 8.29. The lowest BCUT2D eigenvalue weighted by Gasteiger charge is -2.31. The van der Waals surface area contributed by atoms with Gasteiger partial charge >= 0.3 is 0 Å². The summed E-state index contributed by atoms with van der Waals surface area (Å²) in [7, 11) is 3.67. The zero-order valence-electron chi connectivity index (χ0n) is 13.5. The fourth-order valence-corrected chi connectivity index (χ4v) is 2.80. The Hall–Kier alpha value is -1.63. The lowest BCUT2D eigenvalue weighted by Crippen LogP contribution is -2.44. The number of methoxy groups -OCH3 is 1. The number of hydrogen-bond donors (Lipinski definition) is 1. The standard InChI is InChI=1S/C16H22N4O2.ClH/c1-17-13-4-3-9-20(10-13)11-15-18-16(22-19-15)12-5-7-14(21-2)8-6-12;/h5-8,13,17H,3-4,9-11H2,1-2H3;1H. The van der Waals surface area contributed by atoms with Gasteiger partial charge in [-0.25, -0.2) is 0 Å². The van der Waals surface area contributed by atoms with Gasteiger partial charge in [0.05, 0.1) is 13.7 Å². The molecule has 1 saturated heterocycles. The van der Waals surface area contributed by atoms with E-state index < -0.39 is 0 Å². The Morgan fingerprint density at radius 3 is 2.83 bits per heavy atom. The van der Waals surface area contributed by atoms with Crippen molar-refractivity contribution in [2.24, 2.45) is 0 Å². The minimum atomic E-state index is 0. The van der Waals surface area contributed by atoms with Crippen LogP contribution in [-0.2, 0) is 6.54 Å². The van der Waals surface area contributed by atoms with Crippen molar-refractivity contribution in [2.75, 3.05) is 27.2 Å². The average Bonchev–Trinajstić information content (AvgIpc) is 3.03. The van der Waals surface area contributed by atoms with Gasteiger partial charge in [0.15, 0.2) is 5.82 Å². The summed E-state index contributed by atoms with van der Waals surface area (Å²) in [5.74, 6) is 2.11. The lowest BCUT2D eigenvalue weighted by molar-refractivity contribution is 0.182. The van der Waals surface area contributed by atoms with E-state index >= 15 is 0 Å². The van der Waals surface area contributed by atoms with Crippen LogP contribution in [0.15, 0.2) is 28.8 Å². The molecule has 1 aliphatic rings. The second-order valence-corrected chi connectivity index (χ2v) is 5.61. The summed E-state index contributed by atoms with van der Waals surface area (Å²) in [6.07, 6.45) is 2.44. The highest BCUT2D eigenvalue weighted by Gasteiger charge is 2.20. The molecular weight excluding hydrogens is 316 g/mol. The van der Waals surface area contributed by atoms with Crippen LogP contribution in [0.3, 0.4) is 0 Å². The van der Waals surface area contributed by atoms with E-state index in [9.17, 15) is 0 Å². The number of benzene rings is 1. The maximum absolute atomic E-state index is 5.37. The van der Waals surface area contributed by atoms with Gasteiger partial charge in [0, 0.05) is 18.2 Å². The SMILES string of the molecule is CNC1CCCN(Cc2noc(-c3ccc(OC)cc3)n2)C1.Cl. The number of likely N-dealkylation sites (N-methyl/N-ethyl adjacent to an activating group) is 1. The summed E-state index contributed by atoms with van der Waals surface area (Å²) in [4.78, 5) is 6.87. The molecule has 0 bridgehead atoms. The normalized spacial score (nSPS) is 18.4. The van der Waals surface area contributed by atoms with Crippen molar-refractivity contribution in [3.8, 4) is 17.2 Å². The van der Waals surface area contributed by atoms with Crippen LogP contribution in [0, 0.1) is 0 Å². The summed E-state index contributed by atoms with van der Waals surface area (Å²) in [6, 6.07) is 8.19. The number of aromatic nitrogens is 2. The molecule has 1 fully saturated rings. The number of nitrogens with zero attached hydrogens (tertiary/aromatic N) is 3. The van der Waals surface area contributed by atoms with Crippen molar-refractivity contribution in [3.63, 3.8) is 0 Å².